The van der Waals surface area contributed by atoms with E-state index in [1.807, 2.05) is 54.6 Å². The molecule has 0 amide bonds. The van der Waals surface area contributed by atoms with Crippen LogP contribution in [0.4, 0.5) is 0 Å². The Hall–Kier alpha value is -3.91. The van der Waals surface area contributed by atoms with Crippen LogP contribution < -0.4 is 9.47 Å². The number of methoxy groups -OCH3 is 2. The lowest BCUT2D eigenvalue weighted by molar-refractivity contribution is -0.144. The number of aliphatic hydroxyl groups is 1. The molecule has 4 aromatic carbocycles. The second-order valence-electron chi connectivity index (χ2n) is 14.6. The molecule has 1 aliphatic rings. The topological polar surface area (TPSA) is 74.2 Å². The van der Waals surface area contributed by atoms with Crippen molar-refractivity contribution in [3.05, 3.63) is 130 Å². The minimum atomic E-state index is -2.48. The van der Waals surface area contributed by atoms with Crippen LogP contribution in [-0.2, 0) is 26.8 Å². The number of carbonyl (C=O) groups excluding carboxylic acids is 1. The summed E-state index contributed by atoms with van der Waals surface area (Å²) < 4.78 is 25.2. The van der Waals surface area contributed by atoms with E-state index in [2.05, 4.69) is 84.0 Å². The van der Waals surface area contributed by atoms with E-state index >= 15 is 0 Å². The number of cyclic esters (lactones) is 1. The van der Waals surface area contributed by atoms with Crippen molar-refractivity contribution < 1.29 is 28.5 Å². The SMILES string of the molecule is COc1cc([C@@H](O)[C@H]2C(=O)OC[C@@H]2[C@@H](O[Si](C(C)C)(C(C)C)C(C)C)c2ccc(Cc3ccccc3)c(OC)c2)ccc1Cc1ccccc1. The molecule has 1 N–H and O–H groups in total. The van der Waals surface area contributed by atoms with Crippen molar-refractivity contribution in [1.29, 1.82) is 0 Å². The number of hydrogen-bond acceptors (Lipinski definition) is 6. The molecule has 1 fully saturated rings. The number of aliphatic hydroxyl groups excluding tert-OH is 1. The maximum atomic E-state index is 13.7. The van der Waals surface area contributed by atoms with Crippen molar-refractivity contribution in [2.24, 2.45) is 11.8 Å². The highest BCUT2D eigenvalue weighted by molar-refractivity contribution is 6.77. The summed E-state index contributed by atoms with van der Waals surface area (Å²) in [4.78, 5) is 13.7. The van der Waals surface area contributed by atoms with Crippen LogP contribution in [0.25, 0.3) is 0 Å². The van der Waals surface area contributed by atoms with Gasteiger partial charge in [-0.15, -0.1) is 0 Å². The van der Waals surface area contributed by atoms with E-state index in [0.29, 0.717) is 34.4 Å². The summed E-state index contributed by atoms with van der Waals surface area (Å²) in [6.07, 6.45) is -0.196. The van der Waals surface area contributed by atoms with Gasteiger partial charge in [0, 0.05) is 18.8 Å². The molecule has 4 aromatic rings. The third-order valence-corrected chi connectivity index (χ3v) is 16.8. The minimum absolute atomic E-state index is 0.154. The zero-order valence-electron chi connectivity index (χ0n) is 30.9. The first-order valence-electron chi connectivity index (χ1n) is 17.9. The van der Waals surface area contributed by atoms with Gasteiger partial charge in [0.05, 0.1) is 39.0 Å². The lowest BCUT2D eigenvalue weighted by atomic mass is 9.80. The number of hydrogen-bond donors (Lipinski definition) is 1. The van der Waals surface area contributed by atoms with Gasteiger partial charge in [-0.1, -0.05) is 126 Å². The van der Waals surface area contributed by atoms with E-state index < -0.39 is 38.3 Å². The first kappa shape index (κ1) is 37.3. The van der Waals surface area contributed by atoms with Gasteiger partial charge < -0.3 is 23.7 Å². The van der Waals surface area contributed by atoms with Crippen LogP contribution in [0, 0.1) is 11.8 Å². The van der Waals surface area contributed by atoms with Crippen LogP contribution in [0.5, 0.6) is 11.5 Å². The van der Waals surface area contributed by atoms with Gasteiger partial charge in [0.1, 0.15) is 11.5 Å². The van der Waals surface area contributed by atoms with Crippen LogP contribution >= 0.6 is 0 Å². The molecular formula is C43H54O6Si. The monoisotopic (exact) mass is 694 g/mol. The molecule has 1 saturated heterocycles. The Morgan fingerprint density at radius 1 is 0.700 bits per heavy atom. The Morgan fingerprint density at radius 2 is 1.16 bits per heavy atom. The van der Waals surface area contributed by atoms with Crippen LogP contribution in [0.1, 0.15) is 87.1 Å². The highest BCUT2D eigenvalue weighted by atomic mass is 28.4. The number of esters is 1. The van der Waals surface area contributed by atoms with E-state index in [4.69, 9.17) is 18.6 Å². The van der Waals surface area contributed by atoms with Gasteiger partial charge >= 0.3 is 5.97 Å². The molecule has 5 rings (SSSR count). The Balaban J connectivity index is 1.55. The van der Waals surface area contributed by atoms with Crippen LogP contribution in [0.15, 0.2) is 97.1 Å². The summed E-state index contributed by atoms with van der Waals surface area (Å²) in [6.45, 7) is 13.7. The third kappa shape index (κ3) is 7.85. The fraction of sp³-hybridized carbons (Fsp3) is 0.419. The summed E-state index contributed by atoms with van der Waals surface area (Å²) >= 11 is 0. The van der Waals surface area contributed by atoms with Gasteiger partial charge in [-0.05, 0) is 62.1 Å². The van der Waals surface area contributed by atoms with Crippen molar-refractivity contribution in [1.82, 2.24) is 0 Å². The average molecular weight is 695 g/mol. The first-order valence-corrected chi connectivity index (χ1v) is 20.1. The van der Waals surface area contributed by atoms with Crippen molar-refractivity contribution in [2.45, 2.75) is 83.2 Å². The first-order chi connectivity index (χ1) is 24.0. The molecule has 1 heterocycles. The van der Waals surface area contributed by atoms with Crippen LogP contribution in [0.2, 0.25) is 16.6 Å². The Labute approximate surface area is 299 Å². The fourth-order valence-corrected chi connectivity index (χ4v) is 13.8. The lowest BCUT2D eigenvalue weighted by Crippen LogP contribution is -2.50. The summed E-state index contributed by atoms with van der Waals surface area (Å²) in [5.41, 5.74) is 6.91. The second kappa shape index (κ2) is 16.4. The second-order valence-corrected chi connectivity index (χ2v) is 20.0. The van der Waals surface area contributed by atoms with E-state index in [-0.39, 0.29) is 6.61 Å². The van der Waals surface area contributed by atoms with Crippen molar-refractivity contribution in [3.8, 4) is 11.5 Å². The molecule has 0 aromatic heterocycles. The lowest BCUT2D eigenvalue weighted by Gasteiger charge is -2.46. The van der Waals surface area contributed by atoms with E-state index in [1.165, 1.54) is 5.56 Å². The van der Waals surface area contributed by atoms with Crippen molar-refractivity contribution in [2.75, 3.05) is 20.8 Å². The smallest absolute Gasteiger partial charge is 0.312 e. The zero-order valence-corrected chi connectivity index (χ0v) is 31.9. The largest absolute Gasteiger partial charge is 0.496 e. The Kier molecular flexibility index (Phi) is 12.3. The Bertz CT molecular complexity index is 1680. The maximum absolute atomic E-state index is 13.7. The number of benzene rings is 4. The van der Waals surface area contributed by atoms with Gasteiger partial charge in [-0.3, -0.25) is 4.79 Å². The normalized spacial score (nSPS) is 17.6. The highest BCUT2D eigenvalue weighted by Crippen LogP contribution is 2.51. The summed E-state index contributed by atoms with van der Waals surface area (Å²) in [5.74, 6) is -0.238. The summed E-state index contributed by atoms with van der Waals surface area (Å²) in [5, 5.41) is 12.1. The van der Waals surface area contributed by atoms with E-state index in [1.54, 1.807) is 14.2 Å². The third-order valence-electron chi connectivity index (χ3n) is 10.7. The standard InChI is InChI=1S/C43H54O6Si/c1-28(2)50(29(3)4,30(5)6)49-42(36-22-20-34(39(26-36)47-8)24-32-17-13-10-14-18-32)37-27-48-43(45)40(37)41(44)35-21-19-33(38(25-35)46-7)23-31-15-11-9-12-16-31/h9-22,25-26,28-30,37,40-42,44H,23-24,27H2,1-8H3/t37-,40-,41+,42-/m0/s1. The molecule has 0 saturated carbocycles. The van der Waals surface area contributed by atoms with Crippen LogP contribution in [-0.4, -0.2) is 40.2 Å². The highest BCUT2D eigenvalue weighted by Gasteiger charge is 2.52. The van der Waals surface area contributed by atoms with E-state index in [9.17, 15) is 9.90 Å². The molecular weight excluding hydrogens is 641 g/mol. The van der Waals surface area contributed by atoms with Gasteiger partial charge in [-0.25, -0.2) is 0 Å². The molecule has 6 nitrogen and oxygen atoms in total. The minimum Gasteiger partial charge on any atom is -0.496 e. The molecule has 0 unspecified atom stereocenters. The predicted octanol–water partition coefficient (Wildman–Crippen LogP) is 9.64. The molecule has 1 aliphatic heterocycles. The molecule has 0 bridgehead atoms. The van der Waals surface area contributed by atoms with Gasteiger partial charge in [0.2, 0.25) is 8.32 Å². The molecule has 50 heavy (non-hydrogen) atoms. The molecule has 0 aliphatic carbocycles. The van der Waals surface area contributed by atoms with Gasteiger partial charge in [0.15, 0.2) is 0 Å². The maximum Gasteiger partial charge on any atom is 0.312 e. The predicted molar refractivity (Wildman–Crippen MR) is 202 cm³/mol. The van der Waals surface area contributed by atoms with E-state index in [0.717, 1.165) is 34.4 Å². The van der Waals surface area contributed by atoms with Crippen molar-refractivity contribution in [3.63, 3.8) is 0 Å². The number of ether oxygens (including phenoxy) is 3. The van der Waals surface area contributed by atoms with Gasteiger partial charge in [-0.2, -0.15) is 0 Å². The average Bonchev–Trinajstić information content (AvgIpc) is 3.49. The number of carbonyl (C=O) groups is 1. The van der Waals surface area contributed by atoms with Crippen LogP contribution in [0.3, 0.4) is 0 Å². The zero-order chi connectivity index (χ0) is 36.0. The fourth-order valence-electron chi connectivity index (χ4n) is 8.24. The quantitative estimate of drug-likeness (QED) is 0.0987. The van der Waals surface area contributed by atoms with Crippen molar-refractivity contribution >= 4 is 14.3 Å². The molecule has 0 radical (unpaired) electrons. The molecule has 4 atom stereocenters. The summed E-state index contributed by atoms with van der Waals surface area (Å²) in [6, 6.07) is 32.6. The molecule has 266 valence electrons. The molecule has 7 heteroatoms. The summed E-state index contributed by atoms with van der Waals surface area (Å²) in [7, 11) is 0.858. The Morgan fingerprint density at radius 3 is 1.62 bits per heavy atom. The number of rotatable bonds is 15. The van der Waals surface area contributed by atoms with Gasteiger partial charge in [0.25, 0.3) is 0 Å². The molecule has 0 spiro atoms.